The molecule has 0 spiro atoms. The maximum absolute atomic E-state index is 13.1. The van der Waals surface area contributed by atoms with Crippen LogP contribution in [0.4, 0.5) is 5.69 Å². The number of anilines is 1. The molecule has 0 saturated carbocycles. The van der Waals surface area contributed by atoms with E-state index in [9.17, 15) is 4.79 Å². The zero-order chi connectivity index (χ0) is 23.5. The lowest BCUT2D eigenvalue weighted by molar-refractivity contribution is 0.101. The third-order valence-corrected chi connectivity index (χ3v) is 6.04. The number of hydrogen-bond donors (Lipinski definition) is 1. The molecule has 0 aliphatic heterocycles. The number of halogens is 2. The van der Waals surface area contributed by atoms with Crippen LogP contribution in [-0.2, 0) is 13.2 Å². The number of nitrogens with zero attached hydrogens (tertiary/aromatic N) is 3. The topological polar surface area (TPSA) is 82.2 Å². The van der Waals surface area contributed by atoms with Crippen LogP contribution < -0.4 is 10.1 Å². The summed E-state index contributed by atoms with van der Waals surface area (Å²) in [6.07, 6.45) is 0. The molecule has 0 bridgehead atoms. The van der Waals surface area contributed by atoms with Gasteiger partial charge in [-0.25, -0.2) is 0 Å². The van der Waals surface area contributed by atoms with Gasteiger partial charge in [-0.15, -0.1) is 0 Å². The van der Waals surface area contributed by atoms with Gasteiger partial charge in [-0.1, -0.05) is 44.8 Å². The fourth-order valence-corrected chi connectivity index (χ4v) is 3.78. The highest BCUT2D eigenvalue weighted by Gasteiger charge is 2.23. The van der Waals surface area contributed by atoms with E-state index in [2.05, 4.69) is 31.5 Å². The predicted octanol–water partition coefficient (Wildman–Crippen LogP) is 6.09. The van der Waals surface area contributed by atoms with E-state index in [1.165, 1.54) is 0 Å². The second-order valence-electron chi connectivity index (χ2n) is 7.59. The minimum absolute atomic E-state index is 0.139. The van der Waals surface area contributed by atoms with Gasteiger partial charge < -0.3 is 14.6 Å². The van der Waals surface area contributed by atoms with Gasteiger partial charge in [-0.2, -0.15) is 5.10 Å². The van der Waals surface area contributed by atoms with Gasteiger partial charge in [0.05, 0.1) is 29.2 Å². The molecule has 0 fully saturated rings. The molecule has 4 aromatic rings. The molecule has 170 valence electrons. The van der Waals surface area contributed by atoms with Crippen LogP contribution >= 0.6 is 27.5 Å². The number of ether oxygens (including phenoxy) is 1. The van der Waals surface area contributed by atoms with E-state index < -0.39 is 0 Å². The third kappa shape index (κ3) is 5.29. The number of hydrogen-bond acceptors (Lipinski definition) is 5. The summed E-state index contributed by atoms with van der Waals surface area (Å²) in [6, 6.07) is 15.0. The number of benzene rings is 2. The second kappa shape index (κ2) is 9.80. The fourth-order valence-electron chi connectivity index (χ4n) is 3.39. The van der Waals surface area contributed by atoms with E-state index in [4.69, 9.17) is 20.9 Å². The summed E-state index contributed by atoms with van der Waals surface area (Å²) in [4.78, 5) is 13.1. The van der Waals surface area contributed by atoms with Crippen molar-refractivity contribution in [3.8, 4) is 5.75 Å². The molecular formula is C24H22BrClN4O3. The van der Waals surface area contributed by atoms with Crippen LogP contribution in [0, 0.1) is 20.8 Å². The third-order valence-electron chi connectivity index (χ3n) is 5.26. The lowest BCUT2D eigenvalue weighted by atomic mass is 10.2. The van der Waals surface area contributed by atoms with E-state index in [1.54, 1.807) is 31.2 Å². The molecular weight excluding hydrogens is 508 g/mol. The quantitative estimate of drug-likeness (QED) is 0.313. The van der Waals surface area contributed by atoms with Gasteiger partial charge in [-0.3, -0.25) is 9.48 Å². The average molecular weight is 530 g/mol. The Balaban J connectivity index is 1.50. The van der Waals surface area contributed by atoms with Gasteiger partial charge in [-0.05, 0) is 62.7 Å². The summed E-state index contributed by atoms with van der Waals surface area (Å²) in [7, 11) is 0. The van der Waals surface area contributed by atoms with Crippen LogP contribution in [0.3, 0.4) is 0 Å². The summed E-state index contributed by atoms with van der Waals surface area (Å²) in [5, 5.41) is 12.1. The van der Waals surface area contributed by atoms with Crippen LogP contribution in [0.1, 0.15) is 38.8 Å². The first-order valence-electron chi connectivity index (χ1n) is 10.2. The Morgan fingerprint density at radius 1 is 1.12 bits per heavy atom. The molecule has 2 aromatic carbocycles. The van der Waals surface area contributed by atoms with Gasteiger partial charge in [0.2, 0.25) is 0 Å². The van der Waals surface area contributed by atoms with Crippen LogP contribution in [0.5, 0.6) is 5.75 Å². The Labute approximate surface area is 204 Å². The minimum atomic E-state index is -0.379. The minimum Gasteiger partial charge on any atom is -0.489 e. The SMILES string of the molecule is Cc1nn(Cc2ccc(Br)cc2)c(C)c1NC(=O)c1noc(C)c1COc1ccc(Cl)cc1. The molecule has 1 N–H and O–H groups in total. The van der Waals surface area contributed by atoms with Gasteiger partial charge in [0.1, 0.15) is 18.1 Å². The number of aryl methyl sites for hydroxylation is 2. The fraction of sp³-hybridized carbons (Fsp3) is 0.208. The maximum atomic E-state index is 13.1. The summed E-state index contributed by atoms with van der Waals surface area (Å²) in [5.74, 6) is 0.775. The van der Waals surface area contributed by atoms with Crippen LogP contribution in [0.2, 0.25) is 5.02 Å². The normalized spacial score (nSPS) is 10.9. The summed E-state index contributed by atoms with van der Waals surface area (Å²) < 4.78 is 14.0. The van der Waals surface area contributed by atoms with E-state index in [0.29, 0.717) is 34.3 Å². The van der Waals surface area contributed by atoms with Crippen molar-refractivity contribution in [1.82, 2.24) is 14.9 Å². The Hall–Kier alpha value is -3.10. The molecule has 7 nitrogen and oxygen atoms in total. The number of carbonyl (C=O) groups is 1. The lowest BCUT2D eigenvalue weighted by Gasteiger charge is -2.08. The van der Waals surface area contributed by atoms with E-state index >= 15 is 0 Å². The van der Waals surface area contributed by atoms with Crippen molar-refractivity contribution in [2.75, 3.05) is 5.32 Å². The Bertz CT molecular complexity index is 1280. The number of aromatic nitrogens is 3. The number of carbonyl (C=O) groups excluding carboxylic acids is 1. The van der Waals surface area contributed by atoms with Crippen LogP contribution in [0.15, 0.2) is 57.5 Å². The standard InChI is InChI=1S/C24H22BrClN4O3/c1-14-22(15(2)30(28-14)12-17-4-6-18(25)7-5-17)27-24(31)23-21(16(3)33-29-23)13-32-20-10-8-19(26)9-11-20/h4-11H,12-13H2,1-3H3,(H,27,31). The molecule has 0 saturated heterocycles. The number of rotatable bonds is 7. The van der Waals surface area contributed by atoms with Gasteiger partial charge in [0, 0.05) is 9.50 Å². The van der Waals surface area contributed by atoms with E-state index in [1.807, 2.05) is 42.8 Å². The molecule has 2 heterocycles. The molecule has 0 atom stereocenters. The van der Waals surface area contributed by atoms with Crippen molar-refractivity contribution in [2.24, 2.45) is 0 Å². The first kappa shape index (κ1) is 23.1. The zero-order valence-corrected chi connectivity index (χ0v) is 20.7. The summed E-state index contributed by atoms with van der Waals surface area (Å²) >= 11 is 9.36. The van der Waals surface area contributed by atoms with Gasteiger partial charge in [0.15, 0.2) is 5.69 Å². The second-order valence-corrected chi connectivity index (χ2v) is 8.94. The van der Waals surface area contributed by atoms with E-state index in [0.717, 1.165) is 21.4 Å². The Kier molecular flexibility index (Phi) is 6.85. The smallest absolute Gasteiger partial charge is 0.278 e. The van der Waals surface area contributed by atoms with E-state index in [-0.39, 0.29) is 18.2 Å². The molecule has 0 aliphatic rings. The van der Waals surface area contributed by atoms with Crippen LogP contribution in [0.25, 0.3) is 0 Å². The molecule has 33 heavy (non-hydrogen) atoms. The first-order valence-corrected chi connectivity index (χ1v) is 11.4. The van der Waals surface area contributed by atoms with Crippen molar-refractivity contribution < 1.29 is 14.1 Å². The Morgan fingerprint density at radius 2 is 1.82 bits per heavy atom. The van der Waals surface area contributed by atoms with Gasteiger partial charge in [0.25, 0.3) is 5.91 Å². The molecule has 0 unspecified atom stereocenters. The molecule has 9 heteroatoms. The highest BCUT2D eigenvalue weighted by atomic mass is 79.9. The zero-order valence-electron chi connectivity index (χ0n) is 18.4. The molecule has 0 aliphatic carbocycles. The Morgan fingerprint density at radius 3 is 2.52 bits per heavy atom. The number of nitrogens with one attached hydrogen (secondary N) is 1. The maximum Gasteiger partial charge on any atom is 0.278 e. The van der Waals surface area contributed by atoms with Crippen molar-refractivity contribution in [1.29, 1.82) is 0 Å². The van der Waals surface area contributed by atoms with Crippen molar-refractivity contribution >= 4 is 39.1 Å². The van der Waals surface area contributed by atoms with Gasteiger partial charge >= 0.3 is 0 Å². The lowest BCUT2D eigenvalue weighted by Crippen LogP contribution is -2.16. The highest BCUT2D eigenvalue weighted by Crippen LogP contribution is 2.24. The number of amides is 1. The monoisotopic (exact) mass is 528 g/mol. The summed E-state index contributed by atoms with van der Waals surface area (Å²) in [5.41, 5.74) is 4.10. The van der Waals surface area contributed by atoms with Crippen molar-refractivity contribution in [3.63, 3.8) is 0 Å². The van der Waals surface area contributed by atoms with Crippen molar-refractivity contribution in [3.05, 3.63) is 92.0 Å². The van der Waals surface area contributed by atoms with Crippen molar-refractivity contribution in [2.45, 2.75) is 33.9 Å². The predicted molar refractivity (Wildman–Crippen MR) is 130 cm³/mol. The average Bonchev–Trinajstić information content (AvgIpc) is 3.29. The molecule has 1 amide bonds. The summed E-state index contributed by atoms with van der Waals surface area (Å²) in [6.45, 7) is 6.27. The first-order chi connectivity index (χ1) is 15.8. The molecule has 4 rings (SSSR count). The van der Waals surface area contributed by atoms with Crippen LogP contribution in [-0.4, -0.2) is 20.8 Å². The molecule has 2 aromatic heterocycles. The highest BCUT2D eigenvalue weighted by molar-refractivity contribution is 9.10. The largest absolute Gasteiger partial charge is 0.489 e. The molecule has 0 radical (unpaired) electrons.